The molecule has 0 aliphatic carbocycles. The van der Waals surface area contributed by atoms with Crippen molar-refractivity contribution in [3.8, 4) is 0 Å². The molecule has 1 aromatic heterocycles. The van der Waals surface area contributed by atoms with Gasteiger partial charge in [-0.25, -0.2) is 8.42 Å². The molecule has 98 valence electrons. The molecule has 18 heavy (non-hydrogen) atoms. The van der Waals surface area contributed by atoms with Gasteiger partial charge in [0.2, 0.25) is 0 Å². The van der Waals surface area contributed by atoms with Crippen LogP contribution in [0.25, 0.3) is 0 Å². The van der Waals surface area contributed by atoms with Gasteiger partial charge < -0.3 is 15.2 Å². The number of nitrogens with zero attached hydrogens (tertiary/aromatic N) is 3. The van der Waals surface area contributed by atoms with Gasteiger partial charge in [0.25, 0.3) is 10.0 Å². The minimum atomic E-state index is -3.95. The second kappa shape index (κ2) is 4.57. The fourth-order valence-electron chi connectivity index (χ4n) is 1.36. The first-order valence-electron chi connectivity index (χ1n) is 4.85. The number of pyridine rings is 1. The van der Waals surface area contributed by atoms with Crippen molar-refractivity contribution in [1.29, 1.82) is 0 Å². The van der Waals surface area contributed by atoms with Crippen molar-refractivity contribution in [2.75, 3.05) is 13.2 Å². The van der Waals surface area contributed by atoms with E-state index >= 15 is 0 Å². The van der Waals surface area contributed by atoms with Gasteiger partial charge in [0.1, 0.15) is 4.90 Å². The lowest BCUT2D eigenvalue weighted by atomic mass is 10.4. The number of hydroxylamine groups is 1. The van der Waals surface area contributed by atoms with Gasteiger partial charge >= 0.3 is 5.82 Å². The number of β-amino-alcohol motifs (C(OH)–C–C–N with tert-alkyl or cyclic N) is 1. The van der Waals surface area contributed by atoms with Crippen LogP contribution in [-0.4, -0.2) is 47.2 Å². The lowest BCUT2D eigenvalue weighted by Gasteiger charge is -2.12. The van der Waals surface area contributed by atoms with Gasteiger partial charge in [-0.3, -0.25) is 4.84 Å². The molecule has 1 saturated heterocycles. The Bertz CT molecular complexity index is 557. The monoisotopic (exact) mass is 275 g/mol. The van der Waals surface area contributed by atoms with Gasteiger partial charge in [0, 0.05) is 6.07 Å². The zero-order valence-corrected chi connectivity index (χ0v) is 9.78. The third-order valence-electron chi connectivity index (χ3n) is 2.24. The van der Waals surface area contributed by atoms with Gasteiger partial charge in [-0.15, -0.1) is 0 Å². The van der Waals surface area contributed by atoms with Crippen molar-refractivity contribution in [1.82, 2.24) is 9.45 Å². The summed E-state index contributed by atoms with van der Waals surface area (Å²) in [7, 11) is -3.95. The van der Waals surface area contributed by atoms with Crippen LogP contribution in [0.2, 0.25) is 0 Å². The molecule has 2 rings (SSSR count). The molecule has 1 fully saturated rings. The summed E-state index contributed by atoms with van der Waals surface area (Å²) < 4.78 is 24.5. The fourth-order valence-corrected chi connectivity index (χ4v) is 2.59. The van der Waals surface area contributed by atoms with E-state index in [1.807, 2.05) is 0 Å². The van der Waals surface area contributed by atoms with Crippen LogP contribution in [-0.2, 0) is 14.9 Å². The van der Waals surface area contributed by atoms with Crippen LogP contribution in [0.3, 0.4) is 0 Å². The van der Waals surface area contributed by atoms with Crippen molar-refractivity contribution in [2.24, 2.45) is 0 Å². The highest BCUT2D eigenvalue weighted by Crippen LogP contribution is 2.20. The Labute approximate surface area is 102 Å². The Hall–Kier alpha value is -1.62. The molecule has 0 unspecified atom stereocenters. The van der Waals surface area contributed by atoms with Crippen molar-refractivity contribution in [2.45, 2.75) is 11.0 Å². The first-order valence-corrected chi connectivity index (χ1v) is 6.29. The number of hydrogen-bond acceptors (Lipinski definition) is 7. The van der Waals surface area contributed by atoms with Crippen molar-refractivity contribution in [3.05, 3.63) is 28.4 Å². The van der Waals surface area contributed by atoms with Crippen molar-refractivity contribution in [3.63, 3.8) is 0 Å². The lowest BCUT2D eigenvalue weighted by Crippen LogP contribution is -2.28. The number of hydrogen-bond donors (Lipinski definition) is 1. The standard InChI is InChI=1S/C8H9N3O6S/c12-6-4-10(17-5-6)18(15,16)7-1-2-8(9-3-7)11(13)14/h1-3,6,12H,4-5H2/t6-/m0/s1. The van der Waals surface area contributed by atoms with Gasteiger partial charge in [-0.1, -0.05) is 4.47 Å². The van der Waals surface area contributed by atoms with E-state index in [9.17, 15) is 23.6 Å². The van der Waals surface area contributed by atoms with Crippen LogP contribution in [0.5, 0.6) is 0 Å². The average molecular weight is 275 g/mol. The normalized spacial score (nSPS) is 21.1. The molecule has 0 radical (unpaired) electrons. The summed E-state index contributed by atoms with van der Waals surface area (Å²) >= 11 is 0. The van der Waals surface area contributed by atoms with Gasteiger partial charge in [0.15, 0.2) is 6.20 Å². The van der Waals surface area contributed by atoms with E-state index in [2.05, 4.69) is 4.98 Å². The van der Waals surface area contributed by atoms with Gasteiger partial charge in [-0.2, -0.15) is 0 Å². The number of nitro groups is 1. The molecule has 0 saturated carbocycles. The average Bonchev–Trinajstić information content (AvgIpc) is 2.76. The molecular weight excluding hydrogens is 266 g/mol. The Morgan fingerprint density at radius 3 is 2.72 bits per heavy atom. The van der Waals surface area contributed by atoms with E-state index in [0.29, 0.717) is 4.47 Å². The summed E-state index contributed by atoms with van der Waals surface area (Å²) in [5.41, 5.74) is 0. The minimum absolute atomic E-state index is 0.111. The maximum atomic E-state index is 11.9. The number of aliphatic hydroxyl groups excluding tert-OH is 1. The summed E-state index contributed by atoms with van der Waals surface area (Å²) in [5.74, 6) is -0.448. The Kier molecular flexibility index (Phi) is 3.26. The molecule has 0 amide bonds. The van der Waals surface area contributed by atoms with E-state index in [0.717, 1.165) is 18.3 Å². The largest absolute Gasteiger partial charge is 0.389 e. The number of rotatable bonds is 3. The van der Waals surface area contributed by atoms with Crippen LogP contribution in [0.4, 0.5) is 5.82 Å². The first-order chi connectivity index (χ1) is 8.41. The molecule has 1 aliphatic heterocycles. The molecule has 1 aromatic rings. The minimum Gasteiger partial charge on any atom is -0.389 e. The van der Waals surface area contributed by atoms with Crippen molar-refractivity contribution >= 4 is 15.8 Å². The molecule has 9 nitrogen and oxygen atoms in total. The molecule has 1 N–H and O–H groups in total. The molecule has 2 heterocycles. The number of aromatic nitrogens is 1. The Morgan fingerprint density at radius 2 is 2.28 bits per heavy atom. The third-order valence-corrected chi connectivity index (χ3v) is 3.87. The molecular formula is C8H9N3O6S. The van der Waals surface area contributed by atoms with E-state index < -0.39 is 26.9 Å². The smallest absolute Gasteiger partial charge is 0.363 e. The fraction of sp³-hybridized carbons (Fsp3) is 0.375. The number of aliphatic hydroxyl groups is 1. The van der Waals surface area contributed by atoms with E-state index in [1.165, 1.54) is 0 Å². The highest BCUT2D eigenvalue weighted by molar-refractivity contribution is 7.89. The molecule has 0 bridgehead atoms. The molecule has 1 atom stereocenters. The summed E-state index contributed by atoms with van der Waals surface area (Å²) in [6, 6.07) is 2.05. The van der Waals surface area contributed by atoms with Crippen LogP contribution in [0.15, 0.2) is 23.2 Å². The predicted octanol–water partition coefficient (Wildman–Crippen LogP) is -0.713. The zero-order valence-electron chi connectivity index (χ0n) is 8.96. The topological polar surface area (TPSA) is 123 Å². The summed E-state index contributed by atoms with van der Waals surface area (Å²) in [6.07, 6.45) is -0.00702. The maximum Gasteiger partial charge on any atom is 0.363 e. The molecule has 0 aromatic carbocycles. The van der Waals surface area contributed by atoms with Crippen LogP contribution < -0.4 is 0 Å². The quantitative estimate of drug-likeness (QED) is 0.570. The van der Waals surface area contributed by atoms with Crippen LogP contribution in [0, 0.1) is 10.1 Å². The van der Waals surface area contributed by atoms with E-state index in [-0.39, 0.29) is 18.0 Å². The predicted molar refractivity (Wildman–Crippen MR) is 56.7 cm³/mol. The molecule has 0 spiro atoms. The lowest BCUT2D eigenvalue weighted by molar-refractivity contribution is -0.389. The van der Waals surface area contributed by atoms with Crippen molar-refractivity contribution < 1.29 is 23.3 Å². The second-order valence-corrected chi connectivity index (χ2v) is 5.38. The summed E-state index contributed by atoms with van der Waals surface area (Å²) in [4.78, 5) is 17.6. The summed E-state index contributed by atoms with van der Waals surface area (Å²) in [5, 5.41) is 19.6. The number of sulfonamides is 1. The SMILES string of the molecule is O=[N+]([O-])c1ccc(S(=O)(=O)N2C[C@H](O)CO2)cn1. The van der Waals surface area contributed by atoms with Gasteiger partial charge in [-0.05, 0) is 16.0 Å². The van der Waals surface area contributed by atoms with Gasteiger partial charge in [0.05, 0.1) is 19.3 Å². The van der Waals surface area contributed by atoms with E-state index in [1.54, 1.807) is 0 Å². The summed E-state index contributed by atoms with van der Waals surface area (Å²) in [6.45, 7) is -0.293. The van der Waals surface area contributed by atoms with Crippen LogP contribution in [0.1, 0.15) is 0 Å². The first kappa shape index (κ1) is 12.8. The van der Waals surface area contributed by atoms with Crippen LogP contribution >= 0.6 is 0 Å². The van der Waals surface area contributed by atoms with E-state index in [4.69, 9.17) is 4.84 Å². The molecule has 1 aliphatic rings. The second-order valence-electron chi connectivity index (χ2n) is 3.55. The maximum absolute atomic E-state index is 11.9. The third kappa shape index (κ3) is 2.31. The highest BCUT2D eigenvalue weighted by atomic mass is 32.2. The zero-order chi connectivity index (χ0) is 13.3. The Balaban J connectivity index is 2.27. The Morgan fingerprint density at radius 1 is 1.56 bits per heavy atom. The molecule has 10 heteroatoms. The highest BCUT2D eigenvalue weighted by Gasteiger charge is 2.34.